The Bertz CT molecular complexity index is 650. The van der Waals surface area contributed by atoms with Crippen LogP contribution in [0.15, 0.2) is 18.6 Å². The molecule has 2 atom stereocenters. The molecule has 0 saturated carbocycles. The largest absolute Gasteiger partial charge is 0.390 e. The summed E-state index contributed by atoms with van der Waals surface area (Å²) in [4.78, 5) is 18.8. The zero-order valence-electron chi connectivity index (χ0n) is 12.8. The molecule has 2 saturated heterocycles. The monoisotopic (exact) mass is 302 g/mol. The SMILES string of the molecule is CN1CCN([C@H]2CN(c3ncnc4cc[nH]c34)C[C@@H]2O)CC1. The van der Waals surface area contributed by atoms with Crippen LogP contribution in [-0.2, 0) is 0 Å². The summed E-state index contributed by atoms with van der Waals surface area (Å²) in [7, 11) is 2.15. The minimum atomic E-state index is -0.330. The van der Waals surface area contributed by atoms with E-state index < -0.39 is 0 Å². The number of nitrogens with one attached hydrogen (secondary N) is 1. The second-order valence-corrected chi connectivity index (χ2v) is 6.31. The Morgan fingerprint density at radius 1 is 1.18 bits per heavy atom. The molecule has 22 heavy (non-hydrogen) atoms. The number of likely N-dealkylation sites (N-methyl/N-ethyl adjacent to an activating group) is 1. The van der Waals surface area contributed by atoms with Gasteiger partial charge in [0.1, 0.15) is 11.8 Å². The molecule has 0 spiro atoms. The average Bonchev–Trinajstić information content (AvgIpc) is 3.14. The molecule has 4 rings (SSSR count). The van der Waals surface area contributed by atoms with E-state index in [1.54, 1.807) is 6.33 Å². The number of hydrogen-bond donors (Lipinski definition) is 2. The van der Waals surface area contributed by atoms with Gasteiger partial charge in [-0.1, -0.05) is 0 Å². The van der Waals surface area contributed by atoms with Crippen LogP contribution < -0.4 is 4.90 Å². The Morgan fingerprint density at radius 3 is 2.82 bits per heavy atom. The first-order valence-corrected chi connectivity index (χ1v) is 7.86. The van der Waals surface area contributed by atoms with E-state index in [-0.39, 0.29) is 12.1 Å². The number of aliphatic hydroxyl groups is 1. The van der Waals surface area contributed by atoms with Crippen LogP contribution >= 0.6 is 0 Å². The summed E-state index contributed by atoms with van der Waals surface area (Å²) in [5.74, 6) is 0.894. The lowest BCUT2D eigenvalue weighted by Gasteiger charge is -2.37. The number of aromatic nitrogens is 3. The molecule has 0 bridgehead atoms. The van der Waals surface area contributed by atoms with Crippen molar-refractivity contribution >= 4 is 16.9 Å². The predicted octanol–water partition coefficient (Wildman–Crippen LogP) is -0.245. The molecule has 0 unspecified atom stereocenters. The molecule has 2 fully saturated rings. The molecule has 4 heterocycles. The smallest absolute Gasteiger partial charge is 0.156 e. The summed E-state index contributed by atoms with van der Waals surface area (Å²) < 4.78 is 0. The van der Waals surface area contributed by atoms with Crippen molar-refractivity contribution in [2.24, 2.45) is 0 Å². The highest BCUT2D eigenvalue weighted by atomic mass is 16.3. The molecule has 2 aromatic heterocycles. The molecule has 0 radical (unpaired) electrons. The van der Waals surface area contributed by atoms with Crippen LogP contribution in [0.1, 0.15) is 0 Å². The average molecular weight is 302 g/mol. The van der Waals surface area contributed by atoms with E-state index in [4.69, 9.17) is 0 Å². The molecule has 2 aromatic rings. The van der Waals surface area contributed by atoms with Crippen molar-refractivity contribution in [3.63, 3.8) is 0 Å². The van der Waals surface area contributed by atoms with Gasteiger partial charge >= 0.3 is 0 Å². The van der Waals surface area contributed by atoms with Crippen molar-refractivity contribution in [2.45, 2.75) is 12.1 Å². The molecule has 2 aliphatic rings. The number of H-pyrrole nitrogens is 1. The molecule has 2 N–H and O–H groups in total. The maximum atomic E-state index is 10.5. The summed E-state index contributed by atoms with van der Waals surface area (Å²) in [6.07, 6.45) is 3.15. The zero-order valence-corrected chi connectivity index (χ0v) is 12.8. The maximum Gasteiger partial charge on any atom is 0.156 e. The fourth-order valence-electron chi connectivity index (χ4n) is 3.55. The Balaban J connectivity index is 1.54. The van der Waals surface area contributed by atoms with Crippen LogP contribution in [0, 0.1) is 0 Å². The zero-order chi connectivity index (χ0) is 15.1. The summed E-state index contributed by atoms with van der Waals surface area (Å²) in [6.45, 7) is 5.62. The topological polar surface area (TPSA) is 71.5 Å². The van der Waals surface area contributed by atoms with Crippen molar-refractivity contribution in [1.29, 1.82) is 0 Å². The van der Waals surface area contributed by atoms with Crippen LogP contribution in [0.3, 0.4) is 0 Å². The number of rotatable bonds is 2. The van der Waals surface area contributed by atoms with Crippen LogP contribution in [0.25, 0.3) is 11.0 Å². The van der Waals surface area contributed by atoms with Crippen LogP contribution in [-0.4, -0.2) is 88.3 Å². The van der Waals surface area contributed by atoms with Crippen LogP contribution in [0.2, 0.25) is 0 Å². The molecular weight excluding hydrogens is 280 g/mol. The Labute approximate surface area is 129 Å². The number of piperazine rings is 1. The fraction of sp³-hybridized carbons (Fsp3) is 0.600. The third kappa shape index (κ3) is 2.35. The highest BCUT2D eigenvalue weighted by Gasteiger charge is 2.37. The normalized spacial score (nSPS) is 27.8. The Kier molecular flexibility index (Phi) is 3.48. The molecule has 118 valence electrons. The summed E-state index contributed by atoms with van der Waals surface area (Å²) >= 11 is 0. The van der Waals surface area contributed by atoms with E-state index in [0.29, 0.717) is 6.54 Å². The molecule has 2 aliphatic heterocycles. The quantitative estimate of drug-likeness (QED) is 0.797. The lowest BCUT2D eigenvalue weighted by molar-refractivity contribution is 0.0512. The van der Waals surface area contributed by atoms with Crippen LogP contribution in [0.4, 0.5) is 5.82 Å². The second kappa shape index (κ2) is 5.49. The third-order valence-electron chi connectivity index (χ3n) is 4.89. The minimum absolute atomic E-state index is 0.189. The van der Waals surface area contributed by atoms with E-state index in [0.717, 1.165) is 49.6 Å². The van der Waals surface area contributed by atoms with Gasteiger partial charge < -0.3 is 19.9 Å². The van der Waals surface area contributed by atoms with E-state index in [1.165, 1.54) is 0 Å². The number of aromatic amines is 1. The molecule has 7 heteroatoms. The summed E-state index contributed by atoms with van der Waals surface area (Å²) in [6, 6.07) is 2.14. The third-order valence-corrected chi connectivity index (χ3v) is 4.89. The van der Waals surface area contributed by atoms with Crippen molar-refractivity contribution in [1.82, 2.24) is 24.8 Å². The lowest BCUT2D eigenvalue weighted by Crippen LogP contribution is -2.52. The van der Waals surface area contributed by atoms with Crippen molar-refractivity contribution < 1.29 is 5.11 Å². The number of β-amino-alcohol motifs (C(OH)–C–C–N with tert-alkyl or cyclic N) is 1. The molecule has 0 aliphatic carbocycles. The molecule has 0 amide bonds. The van der Waals surface area contributed by atoms with Crippen molar-refractivity contribution in [3.05, 3.63) is 18.6 Å². The van der Waals surface area contributed by atoms with E-state index in [9.17, 15) is 5.11 Å². The molecule has 0 aromatic carbocycles. The van der Waals surface area contributed by atoms with Gasteiger partial charge in [-0.15, -0.1) is 0 Å². The summed E-state index contributed by atoms with van der Waals surface area (Å²) in [5, 5.41) is 10.5. The lowest BCUT2D eigenvalue weighted by atomic mass is 10.1. The minimum Gasteiger partial charge on any atom is -0.390 e. The molecular formula is C15H22N6O. The number of anilines is 1. The van der Waals surface area contributed by atoms with Crippen molar-refractivity contribution in [2.75, 3.05) is 51.2 Å². The van der Waals surface area contributed by atoms with Crippen LogP contribution in [0.5, 0.6) is 0 Å². The molecule has 7 nitrogen and oxygen atoms in total. The summed E-state index contributed by atoms with van der Waals surface area (Å²) in [5.41, 5.74) is 1.87. The van der Waals surface area contributed by atoms with Gasteiger partial charge in [0.2, 0.25) is 0 Å². The van der Waals surface area contributed by atoms with Gasteiger partial charge in [0, 0.05) is 45.5 Å². The Hall–Kier alpha value is -1.70. The standard InChI is InChI=1S/C15H22N6O/c1-19-4-6-20(7-5-19)12-8-21(9-13(12)22)15-14-11(2-3-16-14)17-10-18-15/h2-3,10,12-13,16,22H,4-9H2,1H3/t12-,13-/m0/s1. The van der Waals surface area contributed by atoms with Gasteiger partial charge in [0.05, 0.1) is 17.7 Å². The number of aliphatic hydroxyl groups excluding tert-OH is 1. The van der Waals surface area contributed by atoms with E-state index in [2.05, 4.69) is 36.7 Å². The number of fused-ring (bicyclic) bond motifs is 1. The van der Waals surface area contributed by atoms with Gasteiger partial charge in [0.15, 0.2) is 5.82 Å². The highest BCUT2D eigenvalue weighted by molar-refractivity contribution is 5.86. The first-order valence-electron chi connectivity index (χ1n) is 7.86. The fourth-order valence-corrected chi connectivity index (χ4v) is 3.55. The van der Waals surface area contributed by atoms with Gasteiger partial charge in [-0.05, 0) is 13.1 Å². The van der Waals surface area contributed by atoms with E-state index >= 15 is 0 Å². The van der Waals surface area contributed by atoms with Gasteiger partial charge in [-0.25, -0.2) is 9.97 Å². The van der Waals surface area contributed by atoms with Crippen molar-refractivity contribution in [3.8, 4) is 0 Å². The second-order valence-electron chi connectivity index (χ2n) is 6.31. The van der Waals surface area contributed by atoms with Gasteiger partial charge in [-0.2, -0.15) is 0 Å². The first kappa shape index (κ1) is 13.9. The van der Waals surface area contributed by atoms with Gasteiger partial charge in [0.25, 0.3) is 0 Å². The predicted molar refractivity (Wildman–Crippen MR) is 85.0 cm³/mol. The Morgan fingerprint density at radius 2 is 2.00 bits per heavy atom. The number of nitrogens with zero attached hydrogens (tertiary/aromatic N) is 5. The van der Waals surface area contributed by atoms with Gasteiger partial charge in [-0.3, -0.25) is 4.90 Å². The first-order chi connectivity index (χ1) is 10.7. The number of hydrogen-bond acceptors (Lipinski definition) is 6. The highest BCUT2D eigenvalue weighted by Crippen LogP contribution is 2.27. The maximum absolute atomic E-state index is 10.5. The van der Waals surface area contributed by atoms with E-state index in [1.807, 2.05) is 12.3 Å².